The van der Waals surface area contributed by atoms with Crippen LogP contribution in [0.3, 0.4) is 0 Å². The van der Waals surface area contributed by atoms with Gasteiger partial charge in [-0.1, -0.05) is 78.9 Å². The highest BCUT2D eigenvalue weighted by atomic mass is 32.2. The summed E-state index contributed by atoms with van der Waals surface area (Å²) in [5.74, 6) is 1.06. The van der Waals surface area contributed by atoms with E-state index in [1.165, 1.54) is 17.4 Å². The Morgan fingerprint density at radius 3 is 2.06 bits per heavy atom. The maximum Gasteiger partial charge on any atom is 0.158 e. The van der Waals surface area contributed by atoms with Gasteiger partial charge in [-0.3, -0.25) is 0 Å². The van der Waals surface area contributed by atoms with Crippen molar-refractivity contribution in [2.45, 2.75) is 32.5 Å². The molecule has 0 saturated heterocycles. The lowest BCUT2D eigenvalue weighted by Crippen LogP contribution is -2.23. The van der Waals surface area contributed by atoms with Crippen LogP contribution in [0.25, 0.3) is 21.9 Å². The highest BCUT2D eigenvalue weighted by molar-refractivity contribution is 7.90. The van der Waals surface area contributed by atoms with Gasteiger partial charge in [-0.05, 0) is 30.0 Å². The van der Waals surface area contributed by atoms with Crippen LogP contribution in [0.15, 0.2) is 91.3 Å². The molecule has 5 rings (SSSR count). The molecule has 2 heterocycles. The standard InChI is InChI=1S/C29H30N4O2S/c1-36(34,35)19-11-10-18-32-22-30-27-28(32)25-16-8-9-17-26(25)31-29(27)33(20-23-12-4-2-5-13-23)21-24-14-6-3-7-15-24/h2-9,12-17,22H,10-11,18-21H2,1H3. The molecule has 0 radical (unpaired) electrons. The molecule has 184 valence electrons. The zero-order valence-corrected chi connectivity index (χ0v) is 21.2. The maximum atomic E-state index is 11.6. The second-order valence-corrected chi connectivity index (χ2v) is 11.5. The van der Waals surface area contributed by atoms with E-state index in [2.05, 4.69) is 64.1 Å². The number of hydrogen-bond acceptors (Lipinski definition) is 5. The molecule has 0 saturated carbocycles. The summed E-state index contributed by atoms with van der Waals surface area (Å²) in [7, 11) is -2.96. The third kappa shape index (κ3) is 5.57. The number of hydrogen-bond donors (Lipinski definition) is 0. The summed E-state index contributed by atoms with van der Waals surface area (Å²) >= 11 is 0. The zero-order chi connectivity index (χ0) is 25.0. The molecule has 7 heteroatoms. The first kappa shape index (κ1) is 24.0. The van der Waals surface area contributed by atoms with Gasteiger partial charge in [-0.2, -0.15) is 0 Å². The molecular weight excluding hydrogens is 468 g/mol. The number of anilines is 1. The first-order valence-corrected chi connectivity index (χ1v) is 14.3. The fourth-order valence-corrected chi connectivity index (χ4v) is 5.34. The molecule has 0 unspecified atom stereocenters. The molecule has 3 aromatic carbocycles. The van der Waals surface area contributed by atoms with Crippen molar-refractivity contribution < 1.29 is 8.42 Å². The van der Waals surface area contributed by atoms with E-state index >= 15 is 0 Å². The molecule has 36 heavy (non-hydrogen) atoms. The Hall–Kier alpha value is -3.71. The molecule has 0 bridgehead atoms. The van der Waals surface area contributed by atoms with Gasteiger partial charge in [0.2, 0.25) is 0 Å². The van der Waals surface area contributed by atoms with Gasteiger partial charge in [0.05, 0.1) is 17.4 Å². The Labute approximate surface area is 212 Å². The van der Waals surface area contributed by atoms with Gasteiger partial charge in [0.15, 0.2) is 5.82 Å². The van der Waals surface area contributed by atoms with Crippen molar-refractivity contribution in [2.75, 3.05) is 16.9 Å². The fourth-order valence-electron chi connectivity index (χ4n) is 4.62. The van der Waals surface area contributed by atoms with Crippen molar-refractivity contribution in [3.05, 3.63) is 102 Å². The summed E-state index contributed by atoms with van der Waals surface area (Å²) < 4.78 is 25.3. The van der Waals surface area contributed by atoms with Crippen molar-refractivity contribution in [3.63, 3.8) is 0 Å². The minimum Gasteiger partial charge on any atom is -0.346 e. The number of imidazole rings is 1. The summed E-state index contributed by atoms with van der Waals surface area (Å²) in [6.07, 6.45) is 4.55. The molecule has 0 spiro atoms. The second kappa shape index (κ2) is 10.5. The topological polar surface area (TPSA) is 68.1 Å². The van der Waals surface area contributed by atoms with E-state index in [0.29, 0.717) is 26.1 Å². The van der Waals surface area contributed by atoms with E-state index in [1.54, 1.807) is 0 Å². The van der Waals surface area contributed by atoms with Crippen molar-refractivity contribution in [3.8, 4) is 0 Å². The Morgan fingerprint density at radius 2 is 1.42 bits per heavy atom. The van der Waals surface area contributed by atoms with E-state index in [4.69, 9.17) is 9.97 Å². The first-order chi connectivity index (χ1) is 17.5. The van der Waals surface area contributed by atoms with Crippen molar-refractivity contribution in [1.29, 1.82) is 0 Å². The lowest BCUT2D eigenvalue weighted by Gasteiger charge is -2.25. The molecule has 5 aromatic rings. The van der Waals surface area contributed by atoms with Crippen LogP contribution in [-0.4, -0.2) is 35.0 Å². The largest absolute Gasteiger partial charge is 0.346 e. The molecule has 0 aliphatic rings. The lowest BCUT2D eigenvalue weighted by atomic mass is 10.1. The van der Waals surface area contributed by atoms with Gasteiger partial charge in [-0.15, -0.1) is 0 Å². The van der Waals surface area contributed by atoms with Crippen LogP contribution in [0, 0.1) is 0 Å². The Balaban J connectivity index is 1.58. The zero-order valence-electron chi connectivity index (χ0n) is 20.4. The van der Waals surface area contributed by atoms with Crippen LogP contribution < -0.4 is 4.90 Å². The van der Waals surface area contributed by atoms with Gasteiger partial charge in [0, 0.05) is 37.0 Å². The minimum absolute atomic E-state index is 0.203. The monoisotopic (exact) mass is 498 g/mol. The summed E-state index contributed by atoms with van der Waals surface area (Å²) in [5.41, 5.74) is 5.24. The fraction of sp³-hybridized carbons (Fsp3) is 0.241. The molecular formula is C29H30N4O2S. The highest BCUT2D eigenvalue weighted by Crippen LogP contribution is 2.32. The Bertz CT molecular complexity index is 1520. The number of unbranched alkanes of at least 4 members (excludes halogenated alkanes) is 1. The van der Waals surface area contributed by atoms with Crippen LogP contribution >= 0.6 is 0 Å². The molecule has 0 N–H and O–H groups in total. The van der Waals surface area contributed by atoms with E-state index in [9.17, 15) is 8.42 Å². The normalized spacial score (nSPS) is 11.8. The summed E-state index contributed by atoms with van der Waals surface area (Å²) in [6, 6.07) is 29.0. The predicted molar refractivity (Wildman–Crippen MR) is 147 cm³/mol. The minimum atomic E-state index is -2.96. The number of sulfone groups is 1. The van der Waals surface area contributed by atoms with Crippen molar-refractivity contribution >= 4 is 37.6 Å². The predicted octanol–water partition coefficient (Wildman–Crippen LogP) is 5.62. The van der Waals surface area contributed by atoms with Crippen LogP contribution in [-0.2, 0) is 29.5 Å². The molecule has 0 amide bonds. The van der Waals surface area contributed by atoms with E-state index in [0.717, 1.165) is 34.2 Å². The van der Waals surface area contributed by atoms with Gasteiger partial charge in [0.25, 0.3) is 0 Å². The van der Waals surface area contributed by atoms with E-state index < -0.39 is 9.84 Å². The van der Waals surface area contributed by atoms with Crippen molar-refractivity contribution in [2.24, 2.45) is 0 Å². The number of rotatable bonds is 10. The molecule has 2 aromatic heterocycles. The van der Waals surface area contributed by atoms with Crippen LogP contribution in [0.2, 0.25) is 0 Å². The number of pyridine rings is 1. The Morgan fingerprint density at radius 1 is 0.806 bits per heavy atom. The maximum absolute atomic E-state index is 11.6. The lowest BCUT2D eigenvalue weighted by molar-refractivity contribution is 0.590. The van der Waals surface area contributed by atoms with Gasteiger partial charge < -0.3 is 9.47 Å². The van der Waals surface area contributed by atoms with Crippen LogP contribution in [0.1, 0.15) is 24.0 Å². The number of nitrogens with zero attached hydrogens (tertiary/aromatic N) is 4. The first-order valence-electron chi connectivity index (χ1n) is 12.2. The van der Waals surface area contributed by atoms with E-state index in [-0.39, 0.29) is 5.75 Å². The average molecular weight is 499 g/mol. The number of para-hydroxylation sites is 1. The summed E-state index contributed by atoms with van der Waals surface area (Å²) in [5, 5.41) is 1.05. The molecule has 0 aliphatic heterocycles. The second-order valence-electron chi connectivity index (χ2n) is 9.25. The number of benzene rings is 3. The van der Waals surface area contributed by atoms with E-state index in [1.807, 2.05) is 36.7 Å². The smallest absolute Gasteiger partial charge is 0.158 e. The summed E-state index contributed by atoms with van der Waals surface area (Å²) in [6.45, 7) is 2.12. The Kier molecular flexibility index (Phi) is 7.00. The van der Waals surface area contributed by atoms with Gasteiger partial charge in [-0.25, -0.2) is 18.4 Å². The number of fused-ring (bicyclic) bond motifs is 3. The third-order valence-corrected chi connectivity index (χ3v) is 7.36. The van der Waals surface area contributed by atoms with Crippen molar-refractivity contribution in [1.82, 2.24) is 14.5 Å². The summed E-state index contributed by atoms with van der Waals surface area (Å²) in [4.78, 5) is 12.2. The number of aromatic nitrogens is 3. The molecule has 6 nitrogen and oxygen atoms in total. The molecule has 0 atom stereocenters. The third-order valence-electron chi connectivity index (χ3n) is 6.33. The van der Waals surface area contributed by atoms with Crippen LogP contribution in [0.5, 0.6) is 0 Å². The SMILES string of the molecule is CS(=O)(=O)CCCCn1cnc2c(N(Cc3ccccc3)Cc3ccccc3)nc3ccccc3c21. The highest BCUT2D eigenvalue weighted by Gasteiger charge is 2.19. The molecule has 0 fully saturated rings. The molecule has 0 aliphatic carbocycles. The van der Waals surface area contributed by atoms with Crippen LogP contribution in [0.4, 0.5) is 5.82 Å². The van der Waals surface area contributed by atoms with Gasteiger partial charge in [0.1, 0.15) is 15.4 Å². The quantitative estimate of drug-likeness (QED) is 0.234. The average Bonchev–Trinajstić information content (AvgIpc) is 3.31. The number of aryl methyl sites for hydroxylation is 1. The van der Waals surface area contributed by atoms with Gasteiger partial charge >= 0.3 is 0 Å².